The first-order valence-corrected chi connectivity index (χ1v) is 24.1. The van der Waals surface area contributed by atoms with Crippen LogP contribution >= 0.6 is 11.3 Å². The van der Waals surface area contributed by atoms with E-state index in [0.29, 0.717) is 5.92 Å². The number of rotatable bonds is 5. The van der Waals surface area contributed by atoms with Gasteiger partial charge in [-0.25, -0.2) is 0 Å². The molecule has 64 heavy (non-hydrogen) atoms. The Kier molecular flexibility index (Phi) is 7.68. The van der Waals surface area contributed by atoms with Gasteiger partial charge < -0.3 is 4.90 Å². The van der Waals surface area contributed by atoms with Crippen LogP contribution in [-0.2, 0) is 10.8 Å². The Morgan fingerprint density at radius 1 is 0.484 bits per heavy atom. The average molecular weight is 838 g/mol. The van der Waals surface area contributed by atoms with Gasteiger partial charge in [0.25, 0.3) is 0 Å². The number of benzene rings is 9. The van der Waals surface area contributed by atoms with Crippen LogP contribution in [0.2, 0.25) is 0 Å². The van der Waals surface area contributed by atoms with E-state index in [4.69, 9.17) is 0 Å². The lowest BCUT2D eigenvalue weighted by molar-refractivity contribution is 0.327. The zero-order chi connectivity index (χ0) is 42.3. The molecular formula is C62H47NS. The second-order valence-electron chi connectivity index (χ2n) is 19.5. The Bertz CT molecular complexity index is 3590. The SMILES string of the molecule is CC1(C)c2ccccc2-c2cccc(-c3ccccc3N(c3ccc4c(c3)C3(CC5CCC3C5)c3ccccc3-4)c3ccccc3-c3cccc4sc5c6ccccc6ccc5c34)c21. The molecule has 9 aromatic carbocycles. The topological polar surface area (TPSA) is 3.24 Å². The minimum absolute atomic E-state index is 0.0651. The zero-order valence-electron chi connectivity index (χ0n) is 36.2. The average Bonchev–Trinajstić information content (AvgIpc) is 4.16. The molecule has 4 aliphatic carbocycles. The van der Waals surface area contributed by atoms with E-state index in [1.807, 2.05) is 11.3 Å². The highest BCUT2D eigenvalue weighted by molar-refractivity contribution is 7.26. The fraction of sp³-hybridized carbons (Fsp3) is 0.161. The summed E-state index contributed by atoms with van der Waals surface area (Å²) in [6, 6.07) is 71.9. The van der Waals surface area contributed by atoms with Crippen molar-refractivity contribution >= 4 is 59.3 Å². The quantitative estimate of drug-likeness (QED) is 0.167. The van der Waals surface area contributed by atoms with Crippen molar-refractivity contribution in [2.24, 2.45) is 11.8 Å². The number of thiophene rings is 1. The number of para-hydroxylation sites is 2. The minimum Gasteiger partial charge on any atom is -0.309 e. The molecule has 1 heterocycles. The molecule has 1 aromatic heterocycles. The van der Waals surface area contributed by atoms with Crippen LogP contribution in [0.1, 0.15) is 61.8 Å². The van der Waals surface area contributed by atoms with Crippen molar-refractivity contribution in [3.8, 4) is 44.5 Å². The maximum absolute atomic E-state index is 2.63. The van der Waals surface area contributed by atoms with Crippen LogP contribution in [0.4, 0.5) is 17.1 Å². The van der Waals surface area contributed by atoms with Gasteiger partial charge in [-0.15, -0.1) is 11.3 Å². The third kappa shape index (κ3) is 4.90. The predicted molar refractivity (Wildman–Crippen MR) is 272 cm³/mol. The molecule has 0 aliphatic heterocycles. The molecular weight excluding hydrogens is 791 g/mol. The molecule has 3 atom stereocenters. The van der Waals surface area contributed by atoms with E-state index in [-0.39, 0.29) is 10.8 Å². The summed E-state index contributed by atoms with van der Waals surface area (Å²) in [5.41, 5.74) is 20.0. The van der Waals surface area contributed by atoms with Crippen molar-refractivity contribution in [1.29, 1.82) is 0 Å². The van der Waals surface area contributed by atoms with Crippen molar-refractivity contribution in [3.63, 3.8) is 0 Å². The fourth-order valence-electron chi connectivity index (χ4n) is 13.6. The molecule has 306 valence electrons. The van der Waals surface area contributed by atoms with E-state index in [2.05, 4.69) is 207 Å². The molecule has 0 amide bonds. The molecule has 1 spiro atoms. The highest BCUT2D eigenvalue weighted by Crippen LogP contribution is 2.66. The number of anilines is 3. The van der Waals surface area contributed by atoms with Crippen molar-refractivity contribution in [3.05, 3.63) is 210 Å². The third-order valence-electron chi connectivity index (χ3n) is 16.1. The van der Waals surface area contributed by atoms with E-state index in [1.165, 1.54) is 135 Å². The largest absolute Gasteiger partial charge is 0.309 e. The first-order valence-electron chi connectivity index (χ1n) is 23.3. The highest BCUT2D eigenvalue weighted by Gasteiger charge is 2.56. The second-order valence-corrected chi connectivity index (χ2v) is 20.6. The smallest absolute Gasteiger partial charge is 0.0540 e. The van der Waals surface area contributed by atoms with Gasteiger partial charge in [-0.05, 0) is 128 Å². The van der Waals surface area contributed by atoms with Crippen LogP contribution < -0.4 is 4.90 Å². The van der Waals surface area contributed by atoms with Gasteiger partial charge in [0.1, 0.15) is 0 Å². The van der Waals surface area contributed by atoms with Crippen molar-refractivity contribution < 1.29 is 0 Å². The molecule has 2 bridgehead atoms. The molecule has 0 N–H and O–H groups in total. The van der Waals surface area contributed by atoms with E-state index >= 15 is 0 Å². The summed E-state index contributed by atoms with van der Waals surface area (Å²) in [6.07, 6.45) is 5.30. The van der Waals surface area contributed by atoms with Gasteiger partial charge in [-0.1, -0.05) is 178 Å². The summed E-state index contributed by atoms with van der Waals surface area (Å²) in [7, 11) is 0. The Morgan fingerprint density at radius 2 is 1.09 bits per heavy atom. The molecule has 4 aliphatic rings. The van der Waals surface area contributed by atoms with Gasteiger partial charge in [0, 0.05) is 47.8 Å². The zero-order valence-corrected chi connectivity index (χ0v) is 37.1. The molecule has 2 saturated carbocycles. The summed E-state index contributed by atoms with van der Waals surface area (Å²) < 4.78 is 2.68. The first kappa shape index (κ1) is 36.7. The van der Waals surface area contributed by atoms with Gasteiger partial charge in [0.2, 0.25) is 0 Å². The molecule has 2 fully saturated rings. The lowest BCUT2D eigenvalue weighted by Gasteiger charge is -2.37. The van der Waals surface area contributed by atoms with Crippen LogP contribution in [0, 0.1) is 11.8 Å². The number of nitrogens with zero attached hydrogens (tertiary/aromatic N) is 1. The monoisotopic (exact) mass is 837 g/mol. The van der Waals surface area contributed by atoms with Crippen LogP contribution in [-0.4, -0.2) is 0 Å². The molecule has 10 aromatic rings. The number of hydrogen-bond donors (Lipinski definition) is 0. The fourth-order valence-corrected chi connectivity index (χ4v) is 14.8. The molecule has 0 saturated heterocycles. The van der Waals surface area contributed by atoms with E-state index in [9.17, 15) is 0 Å². The van der Waals surface area contributed by atoms with Crippen molar-refractivity contribution in [2.75, 3.05) is 4.90 Å². The second kappa shape index (κ2) is 13.4. The van der Waals surface area contributed by atoms with Gasteiger partial charge in [-0.3, -0.25) is 0 Å². The van der Waals surface area contributed by atoms with E-state index in [0.717, 1.165) is 5.92 Å². The Balaban J connectivity index is 1.04. The van der Waals surface area contributed by atoms with Crippen LogP contribution in [0.3, 0.4) is 0 Å². The predicted octanol–water partition coefficient (Wildman–Crippen LogP) is 17.4. The Morgan fingerprint density at radius 3 is 1.86 bits per heavy atom. The van der Waals surface area contributed by atoms with Crippen molar-refractivity contribution in [2.45, 2.75) is 50.4 Å². The van der Waals surface area contributed by atoms with Gasteiger partial charge in [0.05, 0.1) is 11.4 Å². The van der Waals surface area contributed by atoms with Gasteiger partial charge in [-0.2, -0.15) is 0 Å². The van der Waals surface area contributed by atoms with Crippen LogP contribution in [0.25, 0.3) is 75.5 Å². The number of hydrogen-bond acceptors (Lipinski definition) is 2. The normalized spacial score (nSPS) is 19.7. The molecule has 2 heteroatoms. The van der Waals surface area contributed by atoms with E-state index in [1.54, 1.807) is 5.56 Å². The minimum atomic E-state index is -0.161. The molecule has 3 unspecified atom stereocenters. The Labute approximate surface area is 379 Å². The maximum atomic E-state index is 2.63. The van der Waals surface area contributed by atoms with Gasteiger partial charge >= 0.3 is 0 Å². The summed E-state index contributed by atoms with van der Waals surface area (Å²) in [6.45, 7) is 4.83. The molecule has 1 nitrogen and oxygen atoms in total. The standard InChI is InChI=1S/C62H47NS/c1-61(2)52-24-9-5-18-44(52)49-22-13-23-50(59(49)61)47-20-8-12-27-56(47)63(41-32-34-45-43-17-6-10-25-53(43)62(54(45)36-41)37-38-29-31-40(62)35-38)55-26-11-7-19-46(55)48-21-14-28-57-58(48)51-33-30-39-15-3-4-16-42(39)60(51)64-57/h3-28,30,32-34,36,38,40H,29,31,35,37H2,1-2H3. The van der Waals surface area contributed by atoms with Crippen LogP contribution in [0.15, 0.2) is 188 Å². The van der Waals surface area contributed by atoms with E-state index < -0.39 is 0 Å². The lowest BCUT2D eigenvalue weighted by Crippen LogP contribution is -2.32. The summed E-state index contributed by atoms with van der Waals surface area (Å²) in [5, 5.41) is 5.27. The van der Waals surface area contributed by atoms with Gasteiger partial charge in [0.15, 0.2) is 0 Å². The van der Waals surface area contributed by atoms with Crippen LogP contribution in [0.5, 0.6) is 0 Å². The third-order valence-corrected chi connectivity index (χ3v) is 17.3. The number of fused-ring (bicyclic) bond motifs is 16. The first-order chi connectivity index (χ1) is 31.5. The molecule has 14 rings (SSSR count). The lowest BCUT2D eigenvalue weighted by atomic mass is 9.67. The summed E-state index contributed by atoms with van der Waals surface area (Å²) >= 11 is 1.92. The Hall–Kier alpha value is -6.74. The maximum Gasteiger partial charge on any atom is 0.0540 e. The summed E-state index contributed by atoms with van der Waals surface area (Å²) in [5.74, 6) is 1.48. The highest BCUT2D eigenvalue weighted by atomic mass is 32.1. The van der Waals surface area contributed by atoms with Crippen molar-refractivity contribution in [1.82, 2.24) is 0 Å². The molecule has 0 radical (unpaired) electrons. The summed E-state index contributed by atoms with van der Waals surface area (Å²) in [4.78, 5) is 2.63.